The number of hydrogen-bond acceptors (Lipinski definition) is 4. The summed E-state index contributed by atoms with van der Waals surface area (Å²) >= 11 is 0. The quantitative estimate of drug-likeness (QED) is 0.285. The predicted octanol–water partition coefficient (Wildman–Crippen LogP) is -5.99. The van der Waals surface area contributed by atoms with E-state index in [2.05, 4.69) is 0 Å². The second-order valence-corrected chi connectivity index (χ2v) is 4.30. The van der Waals surface area contributed by atoms with E-state index in [1.807, 2.05) is 6.92 Å². The van der Waals surface area contributed by atoms with Crippen LogP contribution in [0.15, 0.2) is 30.3 Å². The van der Waals surface area contributed by atoms with Crippen LogP contribution in [-0.4, -0.2) is 11.9 Å². The molecule has 0 N–H and O–H groups in total. The van der Waals surface area contributed by atoms with Crippen molar-refractivity contribution >= 4 is 11.9 Å². The molecule has 0 spiro atoms. The summed E-state index contributed by atoms with van der Waals surface area (Å²) in [5.41, 5.74) is -1.84. The van der Waals surface area contributed by atoms with Crippen LogP contribution in [0.1, 0.15) is 38.2 Å². The van der Waals surface area contributed by atoms with Crippen molar-refractivity contribution in [1.82, 2.24) is 0 Å². The van der Waals surface area contributed by atoms with E-state index in [-0.39, 0.29) is 71.1 Å². The molecule has 0 saturated carbocycles. The van der Waals surface area contributed by atoms with Gasteiger partial charge in [0.15, 0.2) is 0 Å². The minimum Gasteiger partial charge on any atom is -0.549 e. The summed E-state index contributed by atoms with van der Waals surface area (Å²) in [5, 5.41) is 22.7. The van der Waals surface area contributed by atoms with Gasteiger partial charge in [-0.1, -0.05) is 56.5 Å². The fourth-order valence-corrected chi connectivity index (χ4v) is 2.03. The van der Waals surface area contributed by atoms with Crippen molar-refractivity contribution in [2.75, 3.05) is 0 Å². The number of unbranched alkanes of at least 4 members (excludes halogenated alkanes) is 2. The maximum Gasteiger partial charge on any atom is 1.00 e. The van der Waals surface area contributed by atoms with Crippen LogP contribution in [0.3, 0.4) is 0 Å². The number of benzene rings is 1. The molecule has 0 unspecified atom stereocenters. The Kier molecular flexibility index (Phi) is 12.1. The third-order valence-electron chi connectivity index (χ3n) is 3.12. The van der Waals surface area contributed by atoms with E-state index in [9.17, 15) is 19.8 Å². The number of carbonyl (C=O) groups is 2. The van der Waals surface area contributed by atoms with Gasteiger partial charge in [-0.25, -0.2) is 0 Å². The van der Waals surface area contributed by atoms with Gasteiger partial charge >= 0.3 is 59.1 Å². The molecule has 0 aliphatic rings. The van der Waals surface area contributed by atoms with Gasteiger partial charge < -0.3 is 19.8 Å². The predicted molar refractivity (Wildman–Crippen MR) is 62.3 cm³/mol. The molecule has 0 bridgehead atoms. The number of hydrogen-bond donors (Lipinski definition) is 0. The molecule has 0 atom stereocenters. The van der Waals surface area contributed by atoms with E-state index in [0.717, 1.165) is 12.8 Å². The molecule has 20 heavy (non-hydrogen) atoms. The first-order chi connectivity index (χ1) is 8.55. The Morgan fingerprint density at radius 2 is 1.50 bits per heavy atom. The van der Waals surface area contributed by atoms with Crippen molar-refractivity contribution in [2.24, 2.45) is 0 Å². The van der Waals surface area contributed by atoms with Crippen molar-refractivity contribution in [3.05, 3.63) is 35.9 Å². The summed E-state index contributed by atoms with van der Waals surface area (Å²) in [7, 11) is 0. The van der Waals surface area contributed by atoms with Crippen LogP contribution in [-0.2, 0) is 15.0 Å². The van der Waals surface area contributed by atoms with Crippen molar-refractivity contribution in [2.45, 2.75) is 38.0 Å². The molecule has 6 heteroatoms. The van der Waals surface area contributed by atoms with E-state index in [4.69, 9.17) is 0 Å². The first-order valence-electron chi connectivity index (χ1n) is 6.04. The van der Waals surface area contributed by atoms with Gasteiger partial charge in [0.2, 0.25) is 0 Å². The summed E-state index contributed by atoms with van der Waals surface area (Å²) in [4.78, 5) is 22.7. The van der Waals surface area contributed by atoms with E-state index < -0.39 is 17.4 Å². The molecule has 0 saturated heterocycles. The maximum absolute atomic E-state index is 11.3. The maximum atomic E-state index is 11.3. The van der Waals surface area contributed by atoms with Crippen LogP contribution in [0.25, 0.3) is 0 Å². The zero-order valence-corrected chi connectivity index (χ0v) is 16.3. The van der Waals surface area contributed by atoms with Gasteiger partial charge in [-0.05, 0) is 12.0 Å². The number of carboxylic acids is 2. The Morgan fingerprint density at radius 3 is 1.90 bits per heavy atom. The van der Waals surface area contributed by atoms with Crippen molar-refractivity contribution in [3.63, 3.8) is 0 Å². The summed E-state index contributed by atoms with van der Waals surface area (Å²) < 4.78 is 0. The molecule has 0 aliphatic carbocycles. The summed E-state index contributed by atoms with van der Waals surface area (Å²) in [6.45, 7) is 1.96. The molecule has 0 fully saturated rings. The Labute approximate surface area is 163 Å². The molecular formula is C14H16Na2O4. The van der Waals surface area contributed by atoms with Gasteiger partial charge in [0.05, 0.1) is 17.4 Å². The zero-order chi connectivity index (χ0) is 13.6. The van der Waals surface area contributed by atoms with Crippen LogP contribution in [0.4, 0.5) is 0 Å². The van der Waals surface area contributed by atoms with Crippen LogP contribution in [0.2, 0.25) is 0 Å². The number of carbonyl (C=O) groups excluding carboxylic acids is 2. The molecule has 0 aromatic heterocycles. The molecule has 0 radical (unpaired) electrons. The van der Waals surface area contributed by atoms with Crippen molar-refractivity contribution in [1.29, 1.82) is 0 Å². The van der Waals surface area contributed by atoms with E-state index in [1.165, 1.54) is 12.1 Å². The van der Waals surface area contributed by atoms with Crippen molar-refractivity contribution < 1.29 is 78.9 Å². The number of carboxylic acid groups (broad SMARTS) is 2. The molecular weight excluding hydrogens is 278 g/mol. The van der Waals surface area contributed by atoms with E-state index in [1.54, 1.807) is 18.2 Å². The van der Waals surface area contributed by atoms with E-state index in [0.29, 0.717) is 6.42 Å². The Morgan fingerprint density at radius 1 is 1.00 bits per heavy atom. The first kappa shape index (κ1) is 22.4. The third kappa shape index (κ3) is 5.17. The zero-order valence-electron chi connectivity index (χ0n) is 12.3. The monoisotopic (exact) mass is 294 g/mol. The topological polar surface area (TPSA) is 80.3 Å². The molecule has 0 heterocycles. The summed E-state index contributed by atoms with van der Waals surface area (Å²) in [6.07, 6.45) is 2.16. The normalized spacial score (nSPS) is 10.1. The average molecular weight is 294 g/mol. The first-order valence-corrected chi connectivity index (χ1v) is 6.04. The largest absolute Gasteiger partial charge is 1.00 e. The van der Waals surface area contributed by atoms with E-state index >= 15 is 0 Å². The Balaban J connectivity index is 0. The van der Waals surface area contributed by atoms with Gasteiger partial charge in [-0.15, -0.1) is 0 Å². The third-order valence-corrected chi connectivity index (χ3v) is 3.12. The smallest absolute Gasteiger partial charge is 0.549 e. The van der Waals surface area contributed by atoms with Gasteiger partial charge in [0.1, 0.15) is 0 Å². The van der Waals surface area contributed by atoms with Crippen molar-refractivity contribution in [3.8, 4) is 0 Å². The molecule has 1 aromatic rings. The van der Waals surface area contributed by atoms with Gasteiger partial charge in [-0.2, -0.15) is 0 Å². The molecule has 98 valence electrons. The number of aliphatic carboxylic acids is 2. The molecule has 1 rings (SSSR count). The van der Waals surface area contributed by atoms with Crippen LogP contribution >= 0.6 is 0 Å². The second kappa shape index (κ2) is 10.8. The number of rotatable bonds is 7. The average Bonchev–Trinajstić information content (AvgIpc) is 2.35. The Hall–Kier alpha value is 0.160. The van der Waals surface area contributed by atoms with Gasteiger partial charge in [0.25, 0.3) is 0 Å². The molecule has 0 aliphatic heterocycles. The fraction of sp³-hybridized carbons (Fsp3) is 0.429. The fourth-order valence-electron chi connectivity index (χ4n) is 2.03. The second-order valence-electron chi connectivity index (χ2n) is 4.30. The minimum atomic E-state index is -2.05. The minimum absolute atomic E-state index is 0. The summed E-state index contributed by atoms with van der Waals surface area (Å²) in [6, 6.07) is 7.88. The molecule has 4 nitrogen and oxygen atoms in total. The molecule has 0 amide bonds. The van der Waals surface area contributed by atoms with Crippen LogP contribution in [0.5, 0.6) is 0 Å². The Bertz CT molecular complexity index is 406. The van der Waals surface area contributed by atoms with Crippen LogP contribution in [0, 0.1) is 0 Å². The van der Waals surface area contributed by atoms with Gasteiger partial charge in [-0.3, -0.25) is 0 Å². The van der Waals surface area contributed by atoms with Gasteiger partial charge in [0, 0.05) is 0 Å². The standard InChI is InChI=1S/C14H18O4.2Na/c1-2-3-7-10-14(12(15)16,13(17)18)11-8-5-4-6-9-11;;/h4-6,8-9H,2-3,7,10H2,1H3,(H,15,16)(H,17,18);;/q;2*+1/p-2. The van der Waals surface area contributed by atoms with Crippen LogP contribution < -0.4 is 69.3 Å². The SMILES string of the molecule is CCCCCC(C(=O)[O-])(C(=O)[O-])c1ccccc1.[Na+].[Na+]. The molecule has 1 aromatic carbocycles. The summed E-state index contributed by atoms with van der Waals surface area (Å²) in [5.74, 6) is -3.21.